The molecule has 0 fully saturated rings. The lowest BCUT2D eigenvalue weighted by Gasteiger charge is -2.20. The number of aromatic nitrogens is 4. The van der Waals surface area contributed by atoms with Crippen LogP contribution in [0.3, 0.4) is 0 Å². The van der Waals surface area contributed by atoms with Gasteiger partial charge < -0.3 is 5.32 Å². The summed E-state index contributed by atoms with van der Waals surface area (Å²) < 4.78 is 0. The summed E-state index contributed by atoms with van der Waals surface area (Å²) in [6.07, 6.45) is 3.74. The topological polar surface area (TPSA) is 76.0 Å². The molecule has 1 aliphatic heterocycles. The van der Waals surface area contributed by atoms with Crippen molar-refractivity contribution < 1.29 is 0 Å². The molecular formula is C52H34N6S. The predicted molar refractivity (Wildman–Crippen MR) is 244 cm³/mol. The zero-order valence-corrected chi connectivity index (χ0v) is 32.5. The fourth-order valence-electron chi connectivity index (χ4n) is 7.89. The molecule has 0 saturated carbocycles. The molecule has 1 aliphatic rings. The number of fused-ring (bicyclic) bond motifs is 4. The number of thiophene rings is 1. The first-order valence-corrected chi connectivity index (χ1v) is 20.4. The van der Waals surface area contributed by atoms with Gasteiger partial charge in [0, 0.05) is 40.1 Å². The van der Waals surface area contributed by atoms with E-state index in [1.807, 2.05) is 79.1 Å². The van der Waals surface area contributed by atoms with E-state index in [2.05, 4.69) is 121 Å². The van der Waals surface area contributed by atoms with Crippen LogP contribution in [0.4, 0.5) is 5.69 Å². The standard InChI is InChI=1S/C52H34N6S/c1-4-12-33(13-5-1)34-20-22-35(23-21-34)40-30-45-47-46(59-52(45)54-31-40)32-53-48(55-47)39-26-24-36(25-27-39)41-28-29-44(43-19-11-10-18-42(41)43)51-57-49(37-14-6-2-7-15-37)56-50(58-51)38-16-8-3-9-17-38/h1-32,48,55H. The molecule has 278 valence electrons. The van der Waals surface area contributed by atoms with E-state index in [-0.39, 0.29) is 6.17 Å². The molecule has 59 heavy (non-hydrogen) atoms. The summed E-state index contributed by atoms with van der Waals surface area (Å²) in [5.74, 6) is 1.93. The second-order valence-electron chi connectivity index (χ2n) is 14.6. The average molecular weight is 775 g/mol. The smallest absolute Gasteiger partial charge is 0.164 e. The highest BCUT2D eigenvalue weighted by Crippen LogP contribution is 2.41. The summed E-state index contributed by atoms with van der Waals surface area (Å²) >= 11 is 1.66. The summed E-state index contributed by atoms with van der Waals surface area (Å²) in [5.41, 5.74) is 11.9. The first-order valence-electron chi connectivity index (χ1n) is 19.6. The molecule has 10 aromatic rings. The number of benzene rings is 7. The van der Waals surface area contributed by atoms with Gasteiger partial charge in [0.1, 0.15) is 11.0 Å². The summed E-state index contributed by atoms with van der Waals surface area (Å²) in [4.78, 5) is 26.9. The van der Waals surface area contributed by atoms with Crippen molar-refractivity contribution in [3.05, 3.63) is 199 Å². The molecule has 3 aromatic heterocycles. The number of hydrogen-bond acceptors (Lipinski definition) is 7. The van der Waals surface area contributed by atoms with Gasteiger partial charge in [-0.3, -0.25) is 4.99 Å². The molecule has 1 atom stereocenters. The minimum Gasteiger partial charge on any atom is -0.358 e. The number of aliphatic imine (C=N–C) groups is 1. The van der Waals surface area contributed by atoms with Crippen molar-refractivity contribution in [2.45, 2.75) is 6.17 Å². The number of pyridine rings is 1. The molecule has 0 spiro atoms. The SMILES string of the molecule is C1=NC(c2ccc(-c3ccc(-c4nc(-c5ccccc5)nc(-c5ccccc5)n4)c4ccccc34)cc2)Nc2c1sc1ncc(-c3ccc(-c4ccccc4)cc3)cc21. The lowest BCUT2D eigenvalue weighted by atomic mass is 9.94. The van der Waals surface area contributed by atoms with Gasteiger partial charge >= 0.3 is 0 Å². The van der Waals surface area contributed by atoms with Crippen LogP contribution in [0.1, 0.15) is 16.6 Å². The first-order chi connectivity index (χ1) is 29.2. The number of nitrogens with zero attached hydrogens (tertiary/aromatic N) is 5. The van der Waals surface area contributed by atoms with Crippen LogP contribution >= 0.6 is 11.3 Å². The Morgan fingerprint density at radius 3 is 1.58 bits per heavy atom. The predicted octanol–water partition coefficient (Wildman–Crippen LogP) is 13.2. The zero-order valence-electron chi connectivity index (χ0n) is 31.7. The van der Waals surface area contributed by atoms with Gasteiger partial charge in [0.25, 0.3) is 0 Å². The number of anilines is 1. The molecule has 0 saturated heterocycles. The third kappa shape index (κ3) is 6.53. The molecule has 7 heteroatoms. The Labute approximate surface area is 345 Å². The fourth-order valence-corrected chi connectivity index (χ4v) is 8.86. The van der Waals surface area contributed by atoms with E-state index in [9.17, 15) is 0 Å². The fraction of sp³-hybridized carbons (Fsp3) is 0.0192. The summed E-state index contributed by atoms with van der Waals surface area (Å²) in [7, 11) is 0. The highest BCUT2D eigenvalue weighted by molar-refractivity contribution is 7.21. The third-order valence-electron chi connectivity index (χ3n) is 10.9. The van der Waals surface area contributed by atoms with Crippen LogP contribution in [0.25, 0.3) is 88.5 Å². The van der Waals surface area contributed by atoms with Gasteiger partial charge in [-0.05, 0) is 56.3 Å². The van der Waals surface area contributed by atoms with Crippen molar-refractivity contribution >= 4 is 44.2 Å². The van der Waals surface area contributed by atoms with E-state index in [1.54, 1.807) is 11.3 Å². The Kier molecular flexibility index (Phi) is 8.64. The Bertz CT molecular complexity index is 3110. The molecule has 0 aliphatic carbocycles. The van der Waals surface area contributed by atoms with Crippen LogP contribution in [0.2, 0.25) is 0 Å². The Morgan fingerprint density at radius 2 is 0.932 bits per heavy atom. The van der Waals surface area contributed by atoms with Crippen molar-refractivity contribution in [1.29, 1.82) is 0 Å². The summed E-state index contributed by atoms with van der Waals surface area (Å²) in [6, 6.07) is 63.2. The van der Waals surface area contributed by atoms with Gasteiger partial charge in [0.15, 0.2) is 17.5 Å². The van der Waals surface area contributed by atoms with Crippen molar-refractivity contribution in [3.8, 4) is 67.5 Å². The highest BCUT2D eigenvalue weighted by Gasteiger charge is 2.22. The maximum absolute atomic E-state index is 5.03. The van der Waals surface area contributed by atoms with Crippen molar-refractivity contribution in [3.63, 3.8) is 0 Å². The van der Waals surface area contributed by atoms with E-state index in [0.717, 1.165) is 76.1 Å². The largest absolute Gasteiger partial charge is 0.358 e. The van der Waals surface area contributed by atoms with Crippen LogP contribution in [-0.2, 0) is 0 Å². The lowest BCUT2D eigenvalue weighted by Crippen LogP contribution is -2.13. The van der Waals surface area contributed by atoms with Crippen molar-refractivity contribution in [2.75, 3.05) is 5.32 Å². The van der Waals surface area contributed by atoms with Gasteiger partial charge in [-0.25, -0.2) is 19.9 Å². The van der Waals surface area contributed by atoms with Crippen LogP contribution in [0.15, 0.2) is 193 Å². The number of hydrogen-bond donors (Lipinski definition) is 1. The molecule has 1 N–H and O–H groups in total. The molecule has 0 bridgehead atoms. The minimum atomic E-state index is -0.219. The van der Waals surface area contributed by atoms with Gasteiger partial charge in [0.05, 0.1) is 10.6 Å². The van der Waals surface area contributed by atoms with Crippen molar-refractivity contribution in [2.24, 2.45) is 4.99 Å². The van der Waals surface area contributed by atoms with E-state index < -0.39 is 0 Å². The minimum absolute atomic E-state index is 0.219. The molecule has 4 heterocycles. The monoisotopic (exact) mass is 774 g/mol. The average Bonchev–Trinajstić information content (AvgIpc) is 3.69. The molecule has 6 nitrogen and oxygen atoms in total. The molecule has 1 unspecified atom stereocenters. The number of rotatable bonds is 7. The van der Waals surface area contributed by atoms with E-state index in [0.29, 0.717) is 17.5 Å². The Balaban J connectivity index is 0.894. The van der Waals surface area contributed by atoms with Crippen LogP contribution < -0.4 is 5.32 Å². The number of nitrogens with one attached hydrogen (secondary N) is 1. The van der Waals surface area contributed by atoms with E-state index >= 15 is 0 Å². The Hall–Kier alpha value is -7.61. The summed E-state index contributed by atoms with van der Waals surface area (Å²) in [6.45, 7) is 0. The highest BCUT2D eigenvalue weighted by atomic mass is 32.1. The van der Waals surface area contributed by atoms with E-state index in [1.165, 1.54) is 11.1 Å². The van der Waals surface area contributed by atoms with Crippen molar-refractivity contribution in [1.82, 2.24) is 19.9 Å². The van der Waals surface area contributed by atoms with Crippen LogP contribution in [0, 0.1) is 0 Å². The van der Waals surface area contributed by atoms with Crippen LogP contribution in [-0.4, -0.2) is 26.2 Å². The van der Waals surface area contributed by atoms with Crippen LogP contribution in [0.5, 0.6) is 0 Å². The van der Waals surface area contributed by atoms with E-state index in [4.69, 9.17) is 24.9 Å². The van der Waals surface area contributed by atoms with Gasteiger partial charge in [-0.15, -0.1) is 11.3 Å². The van der Waals surface area contributed by atoms with Gasteiger partial charge in [-0.2, -0.15) is 0 Å². The second-order valence-corrected chi connectivity index (χ2v) is 15.6. The second kappa shape index (κ2) is 14.7. The molecule has 0 amide bonds. The molecule has 11 rings (SSSR count). The van der Waals surface area contributed by atoms with Gasteiger partial charge in [0.2, 0.25) is 0 Å². The maximum atomic E-state index is 5.03. The zero-order chi connectivity index (χ0) is 39.1. The quantitative estimate of drug-likeness (QED) is 0.174. The first kappa shape index (κ1) is 34.6. The van der Waals surface area contributed by atoms with Gasteiger partial charge in [-0.1, -0.05) is 170 Å². The molecule has 7 aromatic carbocycles. The third-order valence-corrected chi connectivity index (χ3v) is 12.0. The maximum Gasteiger partial charge on any atom is 0.164 e. The summed E-state index contributed by atoms with van der Waals surface area (Å²) in [5, 5.41) is 7.06. The Morgan fingerprint density at radius 1 is 0.424 bits per heavy atom. The lowest BCUT2D eigenvalue weighted by molar-refractivity contribution is 0.838. The molecule has 0 radical (unpaired) electrons. The normalized spacial score (nSPS) is 13.3. The molecular weight excluding hydrogens is 741 g/mol.